The minimum absolute atomic E-state index is 0.0966. The smallest absolute Gasteiger partial charge is 0.201 e. The van der Waals surface area contributed by atoms with Gasteiger partial charge in [-0.1, -0.05) is 18.2 Å². The molecule has 0 bridgehead atoms. The molecule has 0 aromatic heterocycles. The van der Waals surface area contributed by atoms with Crippen molar-refractivity contribution in [1.29, 1.82) is 0 Å². The Bertz CT molecular complexity index is 549. The molecular weight excluding hydrogens is 220 g/mol. The van der Waals surface area contributed by atoms with Gasteiger partial charge in [-0.05, 0) is 24.3 Å². The maximum atomic E-state index is 10.8. The molecule has 4 heteroatoms. The molecule has 0 aliphatic heterocycles. The second-order valence-electron chi connectivity index (χ2n) is 3.38. The van der Waals surface area contributed by atoms with Crippen LogP contribution >= 0.6 is 0 Å². The van der Waals surface area contributed by atoms with Crippen LogP contribution in [0.2, 0.25) is 0 Å². The summed E-state index contributed by atoms with van der Waals surface area (Å²) in [6, 6.07) is 11.0. The fourth-order valence-electron chi connectivity index (χ4n) is 1.38. The molecule has 2 aromatic rings. The molecule has 0 fully saturated rings. The van der Waals surface area contributed by atoms with Gasteiger partial charge in [0.25, 0.3) is 0 Å². The molecule has 0 heterocycles. The molecule has 0 radical (unpaired) electrons. The number of ether oxygens (including phenoxy) is 1. The minimum atomic E-state index is -0.354. The third kappa shape index (κ3) is 2.20. The highest BCUT2D eigenvalue weighted by molar-refractivity contribution is 5.79. The average molecular weight is 230 g/mol. The van der Waals surface area contributed by atoms with Crippen LogP contribution in [-0.4, -0.2) is 16.5 Å². The predicted octanol–water partition coefficient (Wildman–Crippen LogP) is 2.70. The van der Waals surface area contributed by atoms with Crippen LogP contribution in [0.15, 0.2) is 42.5 Å². The highest BCUT2D eigenvalue weighted by Crippen LogP contribution is 2.37. The zero-order valence-corrected chi connectivity index (χ0v) is 8.83. The molecule has 2 aromatic carbocycles. The Labute approximate surface area is 97.7 Å². The first-order chi connectivity index (χ1) is 8.22. The quantitative estimate of drug-likeness (QED) is 0.628. The summed E-state index contributed by atoms with van der Waals surface area (Å²) in [4.78, 5) is 10.8. The normalized spacial score (nSPS) is 9.88. The summed E-state index contributed by atoms with van der Waals surface area (Å²) in [7, 11) is 0. The number of carbonyl (C=O) groups excluding carboxylic acids is 1. The van der Waals surface area contributed by atoms with Crippen molar-refractivity contribution in [1.82, 2.24) is 0 Å². The van der Waals surface area contributed by atoms with E-state index in [0.717, 1.165) is 0 Å². The summed E-state index contributed by atoms with van der Waals surface area (Å²) in [5, 5.41) is 18.9. The van der Waals surface area contributed by atoms with E-state index >= 15 is 0 Å². The monoisotopic (exact) mass is 230 g/mol. The predicted molar refractivity (Wildman–Crippen MR) is 61.7 cm³/mol. The van der Waals surface area contributed by atoms with Crippen LogP contribution in [0.4, 0.5) is 0 Å². The highest BCUT2D eigenvalue weighted by Gasteiger charge is 2.09. The van der Waals surface area contributed by atoms with Crippen molar-refractivity contribution < 1.29 is 19.7 Å². The molecule has 0 saturated heterocycles. The van der Waals surface area contributed by atoms with Crippen molar-refractivity contribution in [3.63, 3.8) is 0 Å². The van der Waals surface area contributed by atoms with Gasteiger partial charge in [0.05, 0.1) is 5.56 Å². The van der Waals surface area contributed by atoms with E-state index in [0.29, 0.717) is 17.6 Å². The van der Waals surface area contributed by atoms with Crippen LogP contribution in [0.25, 0.3) is 0 Å². The highest BCUT2D eigenvalue weighted by atomic mass is 16.5. The zero-order valence-electron chi connectivity index (χ0n) is 8.83. The standard InChI is InChI=1S/C13H10O4/c14-8-9-4-1-2-6-11(9)17-12-7-3-5-10(15)13(12)16/h1-8,15-16H. The SMILES string of the molecule is O=Cc1ccccc1Oc1cccc(O)c1O. The molecule has 86 valence electrons. The first-order valence-corrected chi connectivity index (χ1v) is 4.95. The molecule has 2 rings (SSSR count). The molecule has 0 spiro atoms. The van der Waals surface area contributed by atoms with Gasteiger partial charge in [-0.2, -0.15) is 0 Å². The number of phenolic OH excluding ortho intramolecular Hbond substituents is 2. The fourth-order valence-corrected chi connectivity index (χ4v) is 1.38. The van der Waals surface area contributed by atoms with Gasteiger partial charge in [-0.25, -0.2) is 0 Å². The first-order valence-electron chi connectivity index (χ1n) is 4.95. The lowest BCUT2D eigenvalue weighted by atomic mass is 10.2. The van der Waals surface area contributed by atoms with E-state index in [1.807, 2.05) is 0 Å². The Morgan fingerprint density at radius 1 is 0.941 bits per heavy atom. The van der Waals surface area contributed by atoms with Crippen molar-refractivity contribution >= 4 is 6.29 Å². The van der Waals surface area contributed by atoms with E-state index < -0.39 is 0 Å². The lowest BCUT2D eigenvalue weighted by Crippen LogP contribution is -1.90. The number of rotatable bonds is 3. The topological polar surface area (TPSA) is 66.8 Å². The zero-order chi connectivity index (χ0) is 12.3. The summed E-state index contributed by atoms with van der Waals surface area (Å²) in [6.45, 7) is 0. The average Bonchev–Trinajstić information content (AvgIpc) is 2.35. The summed E-state index contributed by atoms with van der Waals surface area (Å²) in [5.74, 6) is -0.206. The summed E-state index contributed by atoms with van der Waals surface area (Å²) in [5.41, 5.74) is 0.371. The Kier molecular flexibility index (Phi) is 2.96. The van der Waals surface area contributed by atoms with E-state index in [-0.39, 0.29) is 17.2 Å². The van der Waals surface area contributed by atoms with Gasteiger partial charge in [0.1, 0.15) is 5.75 Å². The van der Waals surface area contributed by atoms with Gasteiger partial charge in [0.15, 0.2) is 17.8 Å². The van der Waals surface area contributed by atoms with Crippen LogP contribution in [0, 0.1) is 0 Å². The molecule has 0 aliphatic rings. The lowest BCUT2D eigenvalue weighted by molar-refractivity contribution is 0.112. The van der Waals surface area contributed by atoms with Crippen LogP contribution in [0.1, 0.15) is 10.4 Å². The maximum Gasteiger partial charge on any atom is 0.201 e. The number of para-hydroxylation sites is 2. The van der Waals surface area contributed by atoms with Gasteiger partial charge in [0.2, 0.25) is 5.75 Å². The van der Waals surface area contributed by atoms with Gasteiger partial charge < -0.3 is 14.9 Å². The van der Waals surface area contributed by atoms with Gasteiger partial charge in [0, 0.05) is 0 Å². The Morgan fingerprint density at radius 3 is 2.41 bits per heavy atom. The molecule has 2 N–H and O–H groups in total. The maximum absolute atomic E-state index is 10.8. The van der Waals surface area contributed by atoms with Crippen LogP contribution in [0.3, 0.4) is 0 Å². The Morgan fingerprint density at radius 2 is 1.65 bits per heavy atom. The van der Waals surface area contributed by atoms with E-state index in [1.165, 1.54) is 18.2 Å². The molecular formula is C13H10O4. The van der Waals surface area contributed by atoms with Gasteiger partial charge in [-0.15, -0.1) is 0 Å². The second-order valence-corrected chi connectivity index (χ2v) is 3.38. The number of hydrogen-bond acceptors (Lipinski definition) is 4. The number of phenols is 2. The number of aldehydes is 1. The molecule has 0 saturated carbocycles. The Hall–Kier alpha value is -2.49. The molecule has 4 nitrogen and oxygen atoms in total. The number of carbonyl (C=O) groups is 1. The van der Waals surface area contributed by atoms with Gasteiger partial charge in [-0.3, -0.25) is 4.79 Å². The van der Waals surface area contributed by atoms with Crippen LogP contribution < -0.4 is 4.74 Å². The number of aromatic hydroxyl groups is 2. The third-order valence-electron chi connectivity index (χ3n) is 2.24. The van der Waals surface area contributed by atoms with E-state index in [2.05, 4.69) is 0 Å². The van der Waals surface area contributed by atoms with Crippen molar-refractivity contribution in [2.24, 2.45) is 0 Å². The van der Waals surface area contributed by atoms with Gasteiger partial charge >= 0.3 is 0 Å². The summed E-state index contributed by atoms with van der Waals surface area (Å²) < 4.78 is 5.37. The lowest BCUT2D eigenvalue weighted by Gasteiger charge is -2.09. The summed E-state index contributed by atoms with van der Waals surface area (Å²) in [6.07, 6.45) is 0.662. The fraction of sp³-hybridized carbons (Fsp3) is 0. The second kappa shape index (κ2) is 4.57. The van der Waals surface area contributed by atoms with E-state index in [1.54, 1.807) is 24.3 Å². The van der Waals surface area contributed by atoms with Crippen molar-refractivity contribution in [3.05, 3.63) is 48.0 Å². The van der Waals surface area contributed by atoms with Crippen LogP contribution in [-0.2, 0) is 0 Å². The van der Waals surface area contributed by atoms with Crippen LogP contribution in [0.5, 0.6) is 23.0 Å². The van der Waals surface area contributed by atoms with E-state index in [4.69, 9.17) is 4.74 Å². The summed E-state index contributed by atoms with van der Waals surface area (Å²) >= 11 is 0. The van der Waals surface area contributed by atoms with Crippen molar-refractivity contribution in [3.8, 4) is 23.0 Å². The number of hydrogen-bond donors (Lipinski definition) is 2. The first kappa shape index (κ1) is 11.0. The minimum Gasteiger partial charge on any atom is -0.504 e. The van der Waals surface area contributed by atoms with Crippen molar-refractivity contribution in [2.45, 2.75) is 0 Å². The molecule has 0 amide bonds. The Balaban J connectivity index is 2.38. The molecule has 0 atom stereocenters. The molecule has 0 aliphatic carbocycles. The van der Waals surface area contributed by atoms with E-state index in [9.17, 15) is 15.0 Å². The van der Waals surface area contributed by atoms with Crippen molar-refractivity contribution in [2.75, 3.05) is 0 Å². The largest absolute Gasteiger partial charge is 0.504 e. The number of benzene rings is 2. The molecule has 0 unspecified atom stereocenters. The third-order valence-corrected chi connectivity index (χ3v) is 2.24. The molecule has 17 heavy (non-hydrogen) atoms.